The minimum Gasteiger partial charge on any atom is -0.0776 e. The van der Waals surface area contributed by atoms with Crippen LogP contribution in [0.3, 0.4) is 0 Å². The highest BCUT2D eigenvalue weighted by Gasteiger charge is 1.89. The third-order valence-corrected chi connectivity index (χ3v) is 3.68. The van der Waals surface area contributed by atoms with E-state index in [1.165, 1.54) is 35.1 Å². The van der Waals surface area contributed by atoms with Gasteiger partial charge in [-0.2, -0.15) is 0 Å². The molecule has 0 radical (unpaired) electrons. The van der Waals surface area contributed by atoms with Gasteiger partial charge in [-0.05, 0) is 47.9 Å². The Kier molecular flexibility index (Phi) is 25.1. The zero-order valence-electron chi connectivity index (χ0n) is 18.9. The van der Waals surface area contributed by atoms with Gasteiger partial charge in [0.25, 0.3) is 0 Å². The molecule has 156 valence electrons. The van der Waals surface area contributed by atoms with E-state index in [9.17, 15) is 0 Å². The fraction of sp³-hybridized carbons (Fsp3) is 0.556. The third kappa shape index (κ3) is 17.6. The molecular weight excluding hydrogens is 324 g/mol. The molecule has 0 fully saturated rings. The maximum atomic E-state index is 2.21. The van der Waals surface area contributed by atoms with Crippen LogP contribution in [-0.4, -0.2) is 0 Å². The molecule has 0 aromatic heterocycles. The predicted molar refractivity (Wildman–Crippen MR) is 129 cm³/mol. The lowest BCUT2D eigenvalue weighted by atomic mass is 10.1. The quantitative estimate of drug-likeness (QED) is 0.502. The van der Waals surface area contributed by atoms with Crippen molar-refractivity contribution in [3.63, 3.8) is 0 Å². The summed E-state index contributed by atoms with van der Waals surface area (Å²) in [7, 11) is 0. The van der Waals surface area contributed by atoms with Crippen LogP contribution in [0.5, 0.6) is 0 Å². The fourth-order valence-electron chi connectivity index (χ4n) is 2.02. The summed E-state index contributed by atoms with van der Waals surface area (Å²) in [5.41, 5.74) is 5.71. The maximum Gasteiger partial charge on any atom is -0.0307 e. The van der Waals surface area contributed by atoms with Crippen molar-refractivity contribution in [3.05, 3.63) is 70.8 Å². The second kappa shape index (κ2) is 22.5. The van der Waals surface area contributed by atoms with Crippen LogP contribution in [0.1, 0.15) is 97.9 Å². The molecule has 2 rings (SSSR count). The van der Waals surface area contributed by atoms with Crippen LogP contribution in [0.15, 0.2) is 48.5 Å². The molecule has 0 aliphatic rings. The van der Waals surface area contributed by atoms with Crippen molar-refractivity contribution >= 4 is 0 Å². The number of rotatable bonds is 4. The first-order valence-corrected chi connectivity index (χ1v) is 10.7. The third-order valence-electron chi connectivity index (χ3n) is 3.68. The van der Waals surface area contributed by atoms with Gasteiger partial charge in [-0.15, -0.1) is 0 Å². The van der Waals surface area contributed by atoms with Crippen molar-refractivity contribution in [2.75, 3.05) is 0 Å². The molecule has 0 bridgehead atoms. The van der Waals surface area contributed by atoms with E-state index in [1.54, 1.807) is 0 Å². The SMILES string of the molecule is C.CCC.CCC.CCc1ccc(CC)cc1.CCc1ccc(CC)cc1. The van der Waals surface area contributed by atoms with Crippen LogP contribution in [0.2, 0.25) is 0 Å². The minimum absolute atomic E-state index is 0. The molecule has 0 heteroatoms. The average molecular weight is 373 g/mol. The first kappa shape index (κ1) is 30.2. The van der Waals surface area contributed by atoms with Gasteiger partial charge in [0.15, 0.2) is 0 Å². The Morgan fingerprint density at radius 2 is 0.481 bits per heavy atom. The molecule has 0 amide bonds. The van der Waals surface area contributed by atoms with Crippen LogP contribution in [0, 0.1) is 0 Å². The molecule has 0 aliphatic heterocycles. The van der Waals surface area contributed by atoms with Crippen molar-refractivity contribution in [2.45, 2.75) is 101 Å². The normalized spacial score (nSPS) is 8.59. The second-order valence-corrected chi connectivity index (χ2v) is 6.46. The van der Waals surface area contributed by atoms with E-state index >= 15 is 0 Å². The van der Waals surface area contributed by atoms with Crippen molar-refractivity contribution in [2.24, 2.45) is 0 Å². The van der Waals surface area contributed by atoms with Crippen LogP contribution in [0.4, 0.5) is 0 Å². The van der Waals surface area contributed by atoms with Crippen LogP contribution < -0.4 is 0 Å². The fourth-order valence-corrected chi connectivity index (χ4v) is 2.02. The van der Waals surface area contributed by atoms with E-state index in [-0.39, 0.29) is 7.43 Å². The summed E-state index contributed by atoms with van der Waals surface area (Å²) in [6, 6.07) is 17.7. The molecule has 0 saturated carbocycles. The van der Waals surface area contributed by atoms with E-state index in [1.807, 2.05) is 0 Å². The molecule has 0 saturated heterocycles. The number of aryl methyl sites for hydroxylation is 4. The smallest absolute Gasteiger partial charge is 0.0307 e. The molecular formula is C27H48. The number of hydrogen-bond donors (Lipinski definition) is 0. The highest BCUT2D eigenvalue weighted by atomic mass is 13.9. The summed E-state index contributed by atoms with van der Waals surface area (Å²) in [5.74, 6) is 0. The van der Waals surface area contributed by atoms with Crippen molar-refractivity contribution in [1.82, 2.24) is 0 Å². The number of hydrogen-bond acceptors (Lipinski definition) is 0. The van der Waals surface area contributed by atoms with Crippen molar-refractivity contribution in [3.8, 4) is 0 Å². The molecule has 0 nitrogen and oxygen atoms in total. The lowest BCUT2D eigenvalue weighted by molar-refractivity contribution is 1.09. The van der Waals surface area contributed by atoms with Gasteiger partial charge in [-0.1, -0.05) is 124 Å². The highest BCUT2D eigenvalue weighted by molar-refractivity contribution is 5.22. The first-order chi connectivity index (χ1) is 12.6. The number of benzene rings is 2. The van der Waals surface area contributed by atoms with Gasteiger partial charge >= 0.3 is 0 Å². The summed E-state index contributed by atoms with van der Waals surface area (Å²) in [5, 5.41) is 0. The zero-order valence-corrected chi connectivity index (χ0v) is 18.9. The lowest BCUT2D eigenvalue weighted by Gasteiger charge is -1.97. The Hall–Kier alpha value is -1.56. The summed E-state index contributed by atoms with van der Waals surface area (Å²) >= 11 is 0. The standard InChI is InChI=1S/2C10H14.2C3H8.CH4/c2*1-3-9-5-7-10(4-2)8-6-9;2*1-3-2;/h2*5-8H,3-4H2,1-2H3;2*3H2,1-2H3;1H4. The predicted octanol–water partition coefficient (Wildman–Crippen LogP) is 9.09. The molecule has 0 aliphatic carbocycles. The second-order valence-electron chi connectivity index (χ2n) is 6.46. The molecule has 2 aromatic carbocycles. The summed E-state index contributed by atoms with van der Waals surface area (Å²) < 4.78 is 0. The summed E-state index contributed by atoms with van der Waals surface area (Å²) in [6.45, 7) is 17.2. The Bertz CT molecular complexity index is 395. The molecule has 0 spiro atoms. The summed E-state index contributed by atoms with van der Waals surface area (Å²) in [6.07, 6.45) is 7.07. The van der Waals surface area contributed by atoms with Crippen molar-refractivity contribution in [1.29, 1.82) is 0 Å². The molecule has 0 heterocycles. The van der Waals surface area contributed by atoms with Crippen LogP contribution >= 0.6 is 0 Å². The largest absolute Gasteiger partial charge is 0.0776 e. The van der Waals surface area contributed by atoms with Crippen molar-refractivity contribution < 1.29 is 0 Å². The van der Waals surface area contributed by atoms with Gasteiger partial charge in [-0.3, -0.25) is 0 Å². The van der Waals surface area contributed by atoms with Gasteiger partial charge in [-0.25, -0.2) is 0 Å². The zero-order chi connectivity index (χ0) is 20.2. The average Bonchev–Trinajstić information content (AvgIpc) is 2.70. The van der Waals surface area contributed by atoms with Gasteiger partial charge < -0.3 is 0 Å². The lowest BCUT2D eigenvalue weighted by Crippen LogP contribution is -1.81. The molecule has 0 N–H and O–H groups in total. The maximum absolute atomic E-state index is 2.21. The monoisotopic (exact) mass is 372 g/mol. The topological polar surface area (TPSA) is 0 Å². The van der Waals surface area contributed by atoms with Crippen LogP contribution in [-0.2, 0) is 25.7 Å². The van der Waals surface area contributed by atoms with Gasteiger partial charge in [0, 0.05) is 0 Å². The Morgan fingerprint density at radius 1 is 0.370 bits per heavy atom. The highest BCUT2D eigenvalue weighted by Crippen LogP contribution is 2.05. The van der Waals surface area contributed by atoms with E-state index < -0.39 is 0 Å². The van der Waals surface area contributed by atoms with Gasteiger partial charge in [0.05, 0.1) is 0 Å². The Labute approximate surface area is 172 Å². The Morgan fingerprint density at radius 3 is 0.556 bits per heavy atom. The van der Waals surface area contributed by atoms with Crippen LogP contribution in [0.25, 0.3) is 0 Å². The van der Waals surface area contributed by atoms with E-state index in [0.29, 0.717) is 0 Å². The van der Waals surface area contributed by atoms with Gasteiger partial charge in [0.1, 0.15) is 0 Å². The molecule has 0 unspecified atom stereocenters. The Balaban J connectivity index is -0.000000322. The molecule has 27 heavy (non-hydrogen) atoms. The van der Waals surface area contributed by atoms with E-state index in [0.717, 1.165) is 25.7 Å². The minimum atomic E-state index is 0. The van der Waals surface area contributed by atoms with Gasteiger partial charge in [0.2, 0.25) is 0 Å². The first-order valence-electron chi connectivity index (χ1n) is 10.7. The van der Waals surface area contributed by atoms with E-state index in [2.05, 4.69) is 104 Å². The van der Waals surface area contributed by atoms with E-state index in [4.69, 9.17) is 0 Å². The molecule has 0 atom stereocenters. The summed E-state index contributed by atoms with van der Waals surface area (Å²) in [4.78, 5) is 0. The molecule has 2 aromatic rings.